The van der Waals surface area contributed by atoms with Gasteiger partial charge in [0.15, 0.2) is 0 Å². The lowest BCUT2D eigenvalue weighted by atomic mass is 10.0. The Morgan fingerprint density at radius 2 is 1.86 bits per heavy atom. The first-order valence-electron chi connectivity index (χ1n) is 7.79. The number of anilines is 1. The van der Waals surface area contributed by atoms with Crippen molar-refractivity contribution in [1.29, 1.82) is 0 Å². The summed E-state index contributed by atoms with van der Waals surface area (Å²) in [4.78, 5) is 25.7. The van der Waals surface area contributed by atoms with Crippen molar-refractivity contribution in [3.05, 3.63) is 30.3 Å². The number of piperidine rings is 1. The van der Waals surface area contributed by atoms with E-state index in [1.165, 1.54) is 0 Å². The molecular weight excluding hydrogens is 280 g/mol. The van der Waals surface area contributed by atoms with Gasteiger partial charge in [0.25, 0.3) is 0 Å². The Morgan fingerprint density at radius 3 is 2.50 bits per heavy atom. The lowest BCUT2D eigenvalue weighted by Gasteiger charge is -2.32. The van der Waals surface area contributed by atoms with Crippen molar-refractivity contribution in [1.82, 2.24) is 10.2 Å². The van der Waals surface area contributed by atoms with Crippen molar-refractivity contribution < 1.29 is 9.59 Å². The highest BCUT2D eigenvalue weighted by atomic mass is 16.2. The molecule has 120 valence electrons. The molecule has 0 spiro atoms. The van der Waals surface area contributed by atoms with E-state index < -0.39 is 0 Å². The van der Waals surface area contributed by atoms with Gasteiger partial charge in [-0.25, -0.2) is 4.79 Å². The van der Waals surface area contributed by atoms with Crippen molar-refractivity contribution in [2.75, 3.05) is 25.0 Å². The minimum Gasteiger partial charge on any atom is -0.343 e. The van der Waals surface area contributed by atoms with E-state index in [1.807, 2.05) is 35.2 Å². The van der Waals surface area contributed by atoms with E-state index >= 15 is 0 Å². The number of hydrogen-bond donors (Lipinski definition) is 3. The second-order valence-corrected chi connectivity index (χ2v) is 5.51. The average Bonchev–Trinajstić information content (AvgIpc) is 2.54. The minimum atomic E-state index is -0.195. The van der Waals surface area contributed by atoms with Crippen LogP contribution in [0.25, 0.3) is 0 Å². The predicted molar refractivity (Wildman–Crippen MR) is 86.5 cm³/mol. The van der Waals surface area contributed by atoms with E-state index in [0.717, 1.165) is 24.9 Å². The molecule has 3 amide bonds. The molecule has 1 saturated heterocycles. The number of amides is 3. The number of hydrogen-bond acceptors (Lipinski definition) is 3. The zero-order chi connectivity index (χ0) is 15.8. The average molecular weight is 304 g/mol. The maximum absolute atomic E-state index is 11.9. The van der Waals surface area contributed by atoms with E-state index in [-0.39, 0.29) is 18.0 Å². The second-order valence-electron chi connectivity index (χ2n) is 5.51. The van der Waals surface area contributed by atoms with Gasteiger partial charge in [0.05, 0.1) is 0 Å². The fraction of sp³-hybridized carbons (Fsp3) is 0.500. The third-order valence-corrected chi connectivity index (χ3v) is 3.81. The fourth-order valence-corrected chi connectivity index (χ4v) is 2.56. The molecule has 6 heteroatoms. The number of nitrogens with two attached hydrogens (primary N) is 1. The molecule has 0 bridgehead atoms. The first-order valence-corrected chi connectivity index (χ1v) is 7.79. The zero-order valence-electron chi connectivity index (χ0n) is 12.8. The number of benzene rings is 1. The van der Waals surface area contributed by atoms with Crippen LogP contribution in [-0.4, -0.2) is 42.5 Å². The number of urea groups is 1. The number of carbonyl (C=O) groups excluding carboxylic acids is 2. The van der Waals surface area contributed by atoms with E-state index in [9.17, 15) is 9.59 Å². The summed E-state index contributed by atoms with van der Waals surface area (Å²) in [7, 11) is 0. The number of rotatable bonds is 5. The van der Waals surface area contributed by atoms with Gasteiger partial charge < -0.3 is 21.3 Å². The standard InChI is InChI=1S/C16H24N4O2/c17-10-4-7-15(21)20-11-8-14(9-12-20)19-16(22)18-13-5-2-1-3-6-13/h1-3,5-6,14H,4,7-12,17H2,(H2,18,19,22). The quantitative estimate of drug-likeness (QED) is 0.771. The molecule has 0 radical (unpaired) electrons. The summed E-state index contributed by atoms with van der Waals surface area (Å²) >= 11 is 0. The smallest absolute Gasteiger partial charge is 0.319 e. The molecule has 2 rings (SSSR count). The summed E-state index contributed by atoms with van der Waals surface area (Å²) < 4.78 is 0. The Hall–Kier alpha value is -2.08. The molecule has 0 aromatic heterocycles. The normalized spacial score (nSPS) is 15.4. The van der Waals surface area contributed by atoms with Crippen LogP contribution in [0.15, 0.2) is 30.3 Å². The van der Waals surface area contributed by atoms with Crippen LogP contribution in [0.2, 0.25) is 0 Å². The van der Waals surface area contributed by atoms with Crippen LogP contribution in [0.3, 0.4) is 0 Å². The molecule has 6 nitrogen and oxygen atoms in total. The maximum atomic E-state index is 11.9. The van der Waals surface area contributed by atoms with Gasteiger partial charge >= 0.3 is 6.03 Å². The molecule has 0 aliphatic carbocycles. The Morgan fingerprint density at radius 1 is 1.18 bits per heavy atom. The van der Waals surface area contributed by atoms with Crippen molar-refractivity contribution in [2.24, 2.45) is 5.73 Å². The molecule has 22 heavy (non-hydrogen) atoms. The van der Waals surface area contributed by atoms with Crippen LogP contribution in [0.5, 0.6) is 0 Å². The van der Waals surface area contributed by atoms with Crippen LogP contribution >= 0.6 is 0 Å². The van der Waals surface area contributed by atoms with Crippen molar-refractivity contribution in [3.8, 4) is 0 Å². The summed E-state index contributed by atoms with van der Waals surface area (Å²) in [5.74, 6) is 0.164. The van der Waals surface area contributed by atoms with Gasteiger partial charge in [-0.1, -0.05) is 18.2 Å². The number of para-hydroxylation sites is 1. The topological polar surface area (TPSA) is 87.5 Å². The van der Waals surface area contributed by atoms with Crippen molar-refractivity contribution >= 4 is 17.6 Å². The van der Waals surface area contributed by atoms with Crippen LogP contribution in [0.1, 0.15) is 25.7 Å². The van der Waals surface area contributed by atoms with Crippen LogP contribution in [0, 0.1) is 0 Å². The number of nitrogens with zero attached hydrogens (tertiary/aromatic N) is 1. The second kappa shape index (κ2) is 8.38. The van der Waals surface area contributed by atoms with E-state index in [0.29, 0.717) is 26.1 Å². The number of likely N-dealkylation sites (tertiary alicyclic amines) is 1. The molecule has 1 aliphatic rings. The number of carbonyl (C=O) groups is 2. The van der Waals surface area contributed by atoms with Crippen LogP contribution in [0.4, 0.5) is 10.5 Å². The molecule has 1 aromatic rings. The summed E-state index contributed by atoms with van der Waals surface area (Å²) in [5, 5.41) is 5.77. The SMILES string of the molecule is NCCCC(=O)N1CCC(NC(=O)Nc2ccccc2)CC1. The highest BCUT2D eigenvalue weighted by molar-refractivity contribution is 5.89. The molecule has 1 aromatic carbocycles. The molecule has 0 saturated carbocycles. The molecule has 1 aliphatic heterocycles. The lowest BCUT2D eigenvalue weighted by Crippen LogP contribution is -2.47. The van der Waals surface area contributed by atoms with Crippen LogP contribution in [-0.2, 0) is 4.79 Å². The first-order chi connectivity index (χ1) is 10.7. The Bertz CT molecular complexity index is 484. The molecule has 0 unspecified atom stereocenters. The van der Waals surface area contributed by atoms with E-state index in [1.54, 1.807) is 0 Å². The van der Waals surface area contributed by atoms with Gasteiger partial charge in [0.1, 0.15) is 0 Å². The van der Waals surface area contributed by atoms with Crippen LogP contribution < -0.4 is 16.4 Å². The third-order valence-electron chi connectivity index (χ3n) is 3.81. The van der Waals surface area contributed by atoms with Gasteiger partial charge in [0, 0.05) is 31.2 Å². The molecule has 0 atom stereocenters. The van der Waals surface area contributed by atoms with Gasteiger partial charge in [-0.3, -0.25) is 4.79 Å². The highest BCUT2D eigenvalue weighted by Crippen LogP contribution is 2.12. The summed E-state index contributed by atoms with van der Waals surface area (Å²) in [5.41, 5.74) is 6.19. The van der Waals surface area contributed by atoms with E-state index in [2.05, 4.69) is 10.6 Å². The lowest BCUT2D eigenvalue weighted by molar-refractivity contribution is -0.132. The summed E-state index contributed by atoms with van der Waals surface area (Å²) in [6.07, 6.45) is 2.83. The van der Waals surface area contributed by atoms with Gasteiger partial charge in [-0.15, -0.1) is 0 Å². The predicted octanol–water partition coefficient (Wildman–Crippen LogP) is 1.54. The largest absolute Gasteiger partial charge is 0.343 e. The summed E-state index contributed by atoms with van der Waals surface area (Å²) in [6.45, 7) is 1.93. The Labute approximate surface area is 131 Å². The van der Waals surface area contributed by atoms with Crippen molar-refractivity contribution in [3.63, 3.8) is 0 Å². The first kappa shape index (κ1) is 16.3. The van der Waals surface area contributed by atoms with Gasteiger partial charge in [-0.05, 0) is 37.9 Å². The molecular formula is C16H24N4O2. The summed E-state index contributed by atoms with van der Waals surface area (Å²) in [6, 6.07) is 9.26. The Balaban J connectivity index is 1.71. The van der Waals surface area contributed by atoms with Crippen molar-refractivity contribution in [2.45, 2.75) is 31.7 Å². The number of nitrogens with one attached hydrogen (secondary N) is 2. The zero-order valence-corrected chi connectivity index (χ0v) is 12.8. The van der Waals surface area contributed by atoms with Gasteiger partial charge in [0.2, 0.25) is 5.91 Å². The maximum Gasteiger partial charge on any atom is 0.319 e. The molecule has 4 N–H and O–H groups in total. The van der Waals surface area contributed by atoms with E-state index in [4.69, 9.17) is 5.73 Å². The Kier molecular flexibility index (Phi) is 6.21. The molecule has 1 heterocycles. The fourth-order valence-electron chi connectivity index (χ4n) is 2.56. The third kappa shape index (κ3) is 5.04. The minimum absolute atomic E-state index is 0.113. The highest BCUT2D eigenvalue weighted by Gasteiger charge is 2.23. The molecule has 1 fully saturated rings. The monoisotopic (exact) mass is 304 g/mol. The van der Waals surface area contributed by atoms with Gasteiger partial charge in [-0.2, -0.15) is 0 Å².